The second-order valence-electron chi connectivity index (χ2n) is 4.34. The lowest BCUT2D eigenvalue weighted by Crippen LogP contribution is -2.41. The molecule has 0 radical (unpaired) electrons. The Kier molecular flexibility index (Phi) is 5.58. The maximum atomic E-state index is 11.9. The summed E-state index contributed by atoms with van der Waals surface area (Å²) in [7, 11) is 1.55. The Hall–Kier alpha value is -0.260. The zero-order valence-electron chi connectivity index (χ0n) is 9.99. The highest BCUT2D eigenvalue weighted by Crippen LogP contribution is 2.37. The fourth-order valence-electron chi connectivity index (χ4n) is 1.77. The molecule has 1 rings (SSSR count). The number of amides is 1. The molecule has 5 heteroatoms. The van der Waals surface area contributed by atoms with Crippen LogP contribution in [0.2, 0.25) is 0 Å². The fraction of sp³-hybridized carbons (Fsp3) is 0.909. The van der Waals surface area contributed by atoms with Crippen molar-refractivity contribution in [3.05, 3.63) is 0 Å². The van der Waals surface area contributed by atoms with Crippen molar-refractivity contribution in [1.29, 1.82) is 0 Å². The maximum absolute atomic E-state index is 11.9. The zero-order chi connectivity index (χ0) is 12.0. The Labute approximate surface area is 101 Å². The van der Waals surface area contributed by atoms with Gasteiger partial charge < -0.3 is 15.2 Å². The van der Waals surface area contributed by atoms with Crippen molar-refractivity contribution >= 4 is 17.7 Å². The largest absolute Gasteiger partial charge is 0.391 e. The molecule has 2 N–H and O–H groups in total. The van der Waals surface area contributed by atoms with Gasteiger partial charge in [0.05, 0.1) is 17.5 Å². The van der Waals surface area contributed by atoms with E-state index < -0.39 is 6.10 Å². The Bertz CT molecular complexity index is 229. The minimum atomic E-state index is -0.491. The molecule has 1 aliphatic heterocycles. The standard InChI is InChI=1S/C11H21NO3S/c1-11(5-3-7-16-11)10(14)12-6-4-9(13)8-15-2/h9,13H,3-8H2,1-2H3,(H,12,14). The van der Waals surface area contributed by atoms with Crippen molar-refractivity contribution in [2.45, 2.75) is 37.0 Å². The molecular formula is C11H21NO3S. The van der Waals surface area contributed by atoms with Crippen LogP contribution in [0.3, 0.4) is 0 Å². The molecule has 0 aliphatic carbocycles. The topological polar surface area (TPSA) is 58.6 Å². The van der Waals surface area contributed by atoms with Crippen LogP contribution in [0.4, 0.5) is 0 Å². The van der Waals surface area contributed by atoms with Crippen molar-refractivity contribution in [2.24, 2.45) is 0 Å². The number of hydrogen-bond donors (Lipinski definition) is 2. The van der Waals surface area contributed by atoms with Crippen molar-refractivity contribution in [1.82, 2.24) is 5.32 Å². The molecule has 1 heterocycles. The van der Waals surface area contributed by atoms with E-state index in [0.29, 0.717) is 19.6 Å². The summed E-state index contributed by atoms with van der Waals surface area (Å²) >= 11 is 1.72. The fourth-order valence-corrected chi connectivity index (χ4v) is 3.00. The molecule has 2 unspecified atom stereocenters. The molecule has 0 spiro atoms. The van der Waals surface area contributed by atoms with Crippen molar-refractivity contribution < 1.29 is 14.6 Å². The normalized spacial score (nSPS) is 26.7. The third kappa shape index (κ3) is 3.96. The Morgan fingerprint density at radius 1 is 1.69 bits per heavy atom. The van der Waals surface area contributed by atoms with Gasteiger partial charge in [0.2, 0.25) is 5.91 Å². The molecule has 0 aromatic carbocycles. The highest BCUT2D eigenvalue weighted by atomic mass is 32.2. The SMILES string of the molecule is COCC(O)CCNC(=O)C1(C)CCCS1. The summed E-state index contributed by atoms with van der Waals surface area (Å²) in [5.74, 6) is 1.16. The summed E-state index contributed by atoms with van der Waals surface area (Å²) in [4.78, 5) is 11.9. The summed E-state index contributed by atoms with van der Waals surface area (Å²) < 4.78 is 4.56. The molecule has 0 aromatic heterocycles. The number of rotatable bonds is 6. The molecule has 94 valence electrons. The molecule has 1 amide bonds. The van der Waals surface area contributed by atoms with Gasteiger partial charge in [-0.2, -0.15) is 0 Å². The van der Waals surface area contributed by atoms with Crippen LogP contribution < -0.4 is 5.32 Å². The highest BCUT2D eigenvalue weighted by molar-refractivity contribution is 8.01. The lowest BCUT2D eigenvalue weighted by molar-refractivity contribution is -0.123. The summed E-state index contributed by atoms with van der Waals surface area (Å²) in [6.07, 6.45) is 2.11. The van der Waals surface area contributed by atoms with E-state index in [1.165, 1.54) is 0 Å². The molecular weight excluding hydrogens is 226 g/mol. The monoisotopic (exact) mass is 247 g/mol. The van der Waals surface area contributed by atoms with E-state index in [-0.39, 0.29) is 10.7 Å². The van der Waals surface area contributed by atoms with Gasteiger partial charge in [-0.15, -0.1) is 11.8 Å². The third-order valence-corrected chi connectivity index (χ3v) is 4.34. The average molecular weight is 247 g/mol. The number of hydrogen-bond acceptors (Lipinski definition) is 4. The molecule has 1 fully saturated rings. The number of thioether (sulfide) groups is 1. The van der Waals surface area contributed by atoms with Crippen LogP contribution in [0.1, 0.15) is 26.2 Å². The molecule has 0 saturated carbocycles. The van der Waals surface area contributed by atoms with Gasteiger partial charge in [-0.1, -0.05) is 0 Å². The van der Waals surface area contributed by atoms with Gasteiger partial charge in [-0.3, -0.25) is 4.79 Å². The van der Waals surface area contributed by atoms with E-state index in [1.54, 1.807) is 18.9 Å². The summed E-state index contributed by atoms with van der Waals surface area (Å²) in [5.41, 5.74) is 0. The van der Waals surface area contributed by atoms with Crippen LogP contribution in [-0.2, 0) is 9.53 Å². The second-order valence-corrected chi connectivity index (χ2v) is 5.93. The summed E-state index contributed by atoms with van der Waals surface area (Å²) in [6.45, 7) is 2.83. The van der Waals surface area contributed by atoms with Crippen LogP contribution in [0, 0.1) is 0 Å². The molecule has 0 bridgehead atoms. The first-order valence-electron chi connectivity index (χ1n) is 5.68. The molecule has 2 atom stereocenters. The second kappa shape index (κ2) is 6.47. The highest BCUT2D eigenvalue weighted by Gasteiger charge is 2.36. The summed E-state index contributed by atoms with van der Waals surface area (Å²) in [6, 6.07) is 0. The number of methoxy groups -OCH3 is 1. The quantitative estimate of drug-likeness (QED) is 0.728. The van der Waals surface area contributed by atoms with Crippen LogP contribution in [0.5, 0.6) is 0 Å². The van der Waals surface area contributed by atoms with Crippen molar-refractivity contribution in [2.75, 3.05) is 26.0 Å². The van der Waals surface area contributed by atoms with Crippen LogP contribution in [-0.4, -0.2) is 47.9 Å². The van der Waals surface area contributed by atoms with Gasteiger partial charge >= 0.3 is 0 Å². The van der Waals surface area contributed by atoms with Gasteiger partial charge in [0, 0.05) is 13.7 Å². The van der Waals surface area contributed by atoms with E-state index in [2.05, 4.69) is 5.32 Å². The lowest BCUT2D eigenvalue weighted by atomic mass is 10.0. The van der Waals surface area contributed by atoms with Crippen molar-refractivity contribution in [3.63, 3.8) is 0 Å². The van der Waals surface area contributed by atoms with Crippen LogP contribution >= 0.6 is 11.8 Å². The Morgan fingerprint density at radius 3 is 3.00 bits per heavy atom. The van der Waals surface area contributed by atoms with Gasteiger partial charge in [0.1, 0.15) is 0 Å². The maximum Gasteiger partial charge on any atom is 0.235 e. The Balaban J connectivity index is 2.19. The van der Waals surface area contributed by atoms with E-state index in [9.17, 15) is 9.90 Å². The Morgan fingerprint density at radius 2 is 2.44 bits per heavy atom. The molecule has 16 heavy (non-hydrogen) atoms. The third-order valence-electron chi connectivity index (χ3n) is 2.82. The number of carbonyl (C=O) groups is 1. The van der Waals surface area contributed by atoms with Gasteiger partial charge in [-0.25, -0.2) is 0 Å². The van der Waals surface area contributed by atoms with E-state index in [0.717, 1.165) is 18.6 Å². The van der Waals surface area contributed by atoms with Gasteiger partial charge in [-0.05, 0) is 31.9 Å². The molecule has 1 aliphatic rings. The first kappa shape index (κ1) is 13.8. The molecule has 4 nitrogen and oxygen atoms in total. The first-order valence-corrected chi connectivity index (χ1v) is 6.66. The average Bonchev–Trinajstić information content (AvgIpc) is 2.67. The first-order chi connectivity index (χ1) is 7.58. The predicted octanol–water partition coefficient (Wildman–Crippen LogP) is 0.786. The minimum Gasteiger partial charge on any atom is -0.391 e. The predicted molar refractivity (Wildman–Crippen MR) is 65.6 cm³/mol. The van der Waals surface area contributed by atoms with E-state index in [4.69, 9.17) is 4.74 Å². The zero-order valence-corrected chi connectivity index (χ0v) is 10.8. The summed E-state index contributed by atoms with van der Waals surface area (Å²) in [5, 5.41) is 12.3. The molecule has 0 aromatic rings. The number of aliphatic hydroxyl groups is 1. The smallest absolute Gasteiger partial charge is 0.235 e. The van der Waals surface area contributed by atoms with Gasteiger partial charge in [0.15, 0.2) is 0 Å². The van der Waals surface area contributed by atoms with Gasteiger partial charge in [0.25, 0.3) is 0 Å². The minimum absolute atomic E-state index is 0.0969. The number of aliphatic hydroxyl groups excluding tert-OH is 1. The van der Waals surface area contributed by atoms with E-state index in [1.807, 2.05) is 6.92 Å². The number of carbonyl (C=O) groups excluding carboxylic acids is 1. The number of nitrogens with one attached hydrogen (secondary N) is 1. The van der Waals surface area contributed by atoms with Crippen LogP contribution in [0.15, 0.2) is 0 Å². The van der Waals surface area contributed by atoms with Crippen molar-refractivity contribution in [3.8, 4) is 0 Å². The lowest BCUT2D eigenvalue weighted by Gasteiger charge is -2.21. The molecule has 1 saturated heterocycles. The van der Waals surface area contributed by atoms with Crippen LogP contribution in [0.25, 0.3) is 0 Å². The number of ether oxygens (including phenoxy) is 1. The van der Waals surface area contributed by atoms with E-state index >= 15 is 0 Å².